The van der Waals surface area contributed by atoms with E-state index in [1.165, 1.54) is 7.11 Å². The summed E-state index contributed by atoms with van der Waals surface area (Å²) in [6, 6.07) is 0. The summed E-state index contributed by atoms with van der Waals surface area (Å²) in [6.45, 7) is 0. The maximum absolute atomic E-state index is 11.8. The average Bonchev–Trinajstić information content (AvgIpc) is 2.14. The van der Waals surface area contributed by atoms with Crippen LogP contribution in [0, 0.1) is 5.41 Å². The van der Waals surface area contributed by atoms with Crippen LogP contribution in [0.5, 0.6) is 0 Å². The highest BCUT2D eigenvalue weighted by atomic mass is 32.3. The second-order valence-corrected chi connectivity index (χ2v) is 9.21. The Morgan fingerprint density at radius 2 is 1.57 bits per heavy atom. The number of hydrogen-bond acceptors (Lipinski definition) is 5. The molecule has 0 N–H and O–H groups in total. The Balaban J connectivity index is 1.91. The van der Waals surface area contributed by atoms with Crippen molar-refractivity contribution in [2.24, 2.45) is 5.41 Å². The lowest BCUT2D eigenvalue weighted by atomic mass is 9.78. The Labute approximate surface area is 96.3 Å². The van der Waals surface area contributed by atoms with Crippen LogP contribution in [-0.4, -0.2) is 26.8 Å². The molecule has 2 nitrogen and oxygen atoms in total. The summed E-state index contributed by atoms with van der Waals surface area (Å²) < 4.78 is 6.91. The summed E-state index contributed by atoms with van der Waals surface area (Å²) in [7, 11) is 1.52. The van der Waals surface area contributed by atoms with E-state index in [-0.39, 0.29) is 11.4 Å². The molecule has 4 heterocycles. The fourth-order valence-corrected chi connectivity index (χ4v) is 9.89. The normalized spacial score (nSPS) is 49.4. The van der Waals surface area contributed by atoms with E-state index < -0.39 is 0 Å². The summed E-state index contributed by atoms with van der Waals surface area (Å²) in [4.78, 5) is 11.8. The number of ether oxygens (including phenoxy) is 1. The molecule has 4 saturated heterocycles. The van der Waals surface area contributed by atoms with E-state index in [9.17, 15) is 4.79 Å². The molecule has 0 aromatic carbocycles. The van der Waals surface area contributed by atoms with E-state index in [4.69, 9.17) is 4.74 Å². The summed E-state index contributed by atoms with van der Waals surface area (Å²) in [5.41, 5.74) is -0.115. The molecular formula is C9H12O2S3. The maximum atomic E-state index is 11.8. The Morgan fingerprint density at radius 3 is 1.93 bits per heavy atom. The van der Waals surface area contributed by atoms with Gasteiger partial charge < -0.3 is 4.74 Å². The van der Waals surface area contributed by atoms with Gasteiger partial charge in [0.2, 0.25) is 0 Å². The van der Waals surface area contributed by atoms with Gasteiger partial charge in [-0.15, -0.1) is 35.3 Å². The second kappa shape index (κ2) is 3.25. The number of carbonyl (C=O) groups is 1. The topological polar surface area (TPSA) is 26.3 Å². The van der Waals surface area contributed by atoms with Gasteiger partial charge in [-0.1, -0.05) is 0 Å². The third kappa shape index (κ3) is 1.32. The van der Waals surface area contributed by atoms with E-state index in [0.29, 0.717) is 13.7 Å². The van der Waals surface area contributed by atoms with Gasteiger partial charge in [0, 0.05) is 0 Å². The third-order valence-electron chi connectivity index (χ3n) is 3.20. The number of hydrogen-bond donors (Lipinski definition) is 0. The zero-order valence-corrected chi connectivity index (χ0v) is 10.3. The first-order chi connectivity index (χ1) is 6.72. The summed E-state index contributed by atoms with van der Waals surface area (Å²) in [5, 5.41) is 0. The van der Waals surface area contributed by atoms with Crippen LogP contribution in [-0.2, 0) is 9.53 Å². The van der Waals surface area contributed by atoms with Crippen molar-refractivity contribution in [2.45, 2.75) is 33.0 Å². The first-order valence-electron chi connectivity index (χ1n) is 4.77. The molecule has 4 bridgehead atoms. The van der Waals surface area contributed by atoms with Crippen molar-refractivity contribution in [1.29, 1.82) is 0 Å². The average molecular weight is 248 g/mol. The SMILES string of the molecule is COC(=O)C12CC3SC(C1)SC(C2)S3. The van der Waals surface area contributed by atoms with Crippen molar-refractivity contribution in [2.75, 3.05) is 7.11 Å². The van der Waals surface area contributed by atoms with Gasteiger partial charge in [0.05, 0.1) is 26.3 Å². The van der Waals surface area contributed by atoms with Gasteiger partial charge >= 0.3 is 5.97 Å². The quantitative estimate of drug-likeness (QED) is 0.665. The van der Waals surface area contributed by atoms with Crippen molar-refractivity contribution in [1.82, 2.24) is 0 Å². The Kier molecular flexibility index (Phi) is 2.26. The van der Waals surface area contributed by atoms with Crippen LogP contribution in [0.3, 0.4) is 0 Å². The molecular weight excluding hydrogens is 236 g/mol. The molecule has 0 amide bonds. The van der Waals surface area contributed by atoms with Crippen LogP contribution < -0.4 is 0 Å². The van der Waals surface area contributed by atoms with E-state index >= 15 is 0 Å². The number of methoxy groups -OCH3 is 1. The highest BCUT2D eigenvalue weighted by Gasteiger charge is 2.56. The van der Waals surface area contributed by atoms with E-state index in [1.807, 2.05) is 0 Å². The minimum Gasteiger partial charge on any atom is -0.469 e. The molecule has 14 heavy (non-hydrogen) atoms. The molecule has 0 unspecified atom stereocenters. The Bertz CT molecular complexity index is 244. The largest absolute Gasteiger partial charge is 0.469 e. The lowest BCUT2D eigenvalue weighted by Crippen LogP contribution is -2.49. The van der Waals surface area contributed by atoms with Gasteiger partial charge in [-0.3, -0.25) is 4.79 Å². The molecule has 4 aliphatic heterocycles. The molecule has 0 radical (unpaired) electrons. The number of rotatable bonds is 1. The van der Waals surface area contributed by atoms with Crippen LogP contribution in [0.2, 0.25) is 0 Å². The standard InChI is InChI=1S/C9H12O2S3/c1-11-8(10)9-2-5-12-6(3-9)14-7(4-9)13-5/h5-7H,2-4H2,1H3. The second-order valence-electron chi connectivity index (χ2n) is 4.08. The fourth-order valence-electron chi connectivity index (χ4n) is 2.57. The van der Waals surface area contributed by atoms with Gasteiger partial charge in [0.25, 0.3) is 0 Å². The molecule has 0 saturated carbocycles. The monoisotopic (exact) mass is 248 g/mol. The third-order valence-corrected chi connectivity index (χ3v) is 8.02. The van der Waals surface area contributed by atoms with Crippen molar-refractivity contribution in [3.8, 4) is 0 Å². The first-order valence-corrected chi connectivity index (χ1v) is 7.59. The smallest absolute Gasteiger partial charge is 0.312 e. The molecule has 78 valence electrons. The van der Waals surface area contributed by atoms with Crippen LogP contribution in [0.15, 0.2) is 0 Å². The summed E-state index contributed by atoms with van der Waals surface area (Å²) in [5.74, 6) is 0.0402. The molecule has 4 rings (SSSR count). The predicted octanol–water partition coefficient (Wildman–Crippen LogP) is 2.53. The molecule has 0 aliphatic carbocycles. The highest BCUT2D eigenvalue weighted by Crippen LogP contribution is 2.66. The minimum atomic E-state index is -0.115. The Morgan fingerprint density at radius 1 is 1.14 bits per heavy atom. The zero-order chi connectivity index (χ0) is 9.76. The van der Waals surface area contributed by atoms with Crippen molar-refractivity contribution in [3.05, 3.63) is 0 Å². The van der Waals surface area contributed by atoms with E-state index in [1.54, 1.807) is 0 Å². The lowest BCUT2D eigenvalue weighted by molar-refractivity contribution is -0.154. The van der Waals surface area contributed by atoms with Crippen molar-refractivity contribution >= 4 is 41.3 Å². The van der Waals surface area contributed by atoms with Gasteiger partial charge in [-0.05, 0) is 19.3 Å². The van der Waals surface area contributed by atoms with Gasteiger partial charge in [0.1, 0.15) is 0 Å². The number of carbonyl (C=O) groups excluding carboxylic acids is 1. The summed E-state index contributed by atoms with van der Waals surface area (Å²) in [6.07, 6.45) is 3.09. The highest BCUT2D eigenvalue weighted by molar-refractivity contribution is 8.33. The molecule has 0 aromatic rings. The minimum absolute atomic E-state index is 0.0402. The Hall–Kier alpha value is 0.520. The zero-order valence-electron chi connectivity index (χ0n) is 7.89. The van der Waals surface area contributed by atoms with Gasteiger partial charge in [0.15, 0.2) is 0 Å². The molecule has 0 spiro atoms. The maximum Gasteiger partial charge on any atom is 0.312 e. The predicted molar refractivity (Wildman–Crippen MR) is 62.4 cm³/mol. The lowest BCUT2D eigenvalue weighted by Gasteiger charge is -2.53. The van der Waals surface area contributed by atoms with Crippen LogP contribution in [0.4, 0.5) is 0 Å². The number of esters is 1. The molecule has 0 atom stereocenters. The molecule has 5 heteroatoms. The van der Waals surface area contributed by atoms with Gasteiger partial charge in [-0.25, -0.2) is 0 Å². The van der Waals surface area contributed by atoms with E-state index in [0.717, 1.165) is 19.3 Å². The van der Waals surface area contributed by atoms with E-state index in [2.05, 4.69) is 35.3 Å². The fraction of sp³-hybridized carbons (Fsp3) is 0.889. The summed E-state index contributed by atoms with van der Waals surface area (Å²) >= 11 is 6.16. The first kappa shape index (κ1) is 9.73. The number of thioether (sulfide) groups is 3. The van der Waals surface area contributed by atoms with Crippen LogP contribution >= 0.6 is 35.3 Å². The molecule has 4 fully saturated rings. The van der Waals surface area contributed by atoms with Crippen molar-refractivity contribution in [3.63, 3.8) is 0 Å². The van der Waals surface area contributed by atoms with Crippen LogP contribution in [0.25, 0.3) is 0 Å². The molecule has 4 aliphatic rings. The van der Waals surface area contributed by atoms with Crippen molar-refractivity contribution < 1.29 is 9.53 Å². The molecule has 0 aromatic heterocycles. The van der Waals surface area contributed by atoms with Crippen LogP contribution in [0.1, 0.15) is 19.3 Å². The van der Waals surface area contributed by atoms with Gasteiger partial charge in [-0.2, -0.15) is 0 Å².